The van der Waals surface area contributed by atoms with Gasteiger partial charge in [-0.15, -0.1) is 18.9 Å². The van der Waals surface area contributed by atoms with Gasteiger partial charge in [0.2, 0.25) is 0 Å². The van der Waals surface area contributed by atoms with Gasteiger partial charge in [0.1, 0.15) is 22.0 Å². The Balaban J connectivity index is 2.01. The Morgan fingerprint density at radius 1 is 0.921 bits per heavy atom. The summed E-state index contributed by atoms with van der Waals surface area (Å²) in [6, 6.07) is 8.40. The first-order valence-corrected chi connectivity index (χ1v) is 14.2. The number of sulfone groups is 1. The van der Waals surface area contributed by atoms with E-state index in [9.17, 15) is 26.5 Å². The van der Waals surface area contributed by atoms with Crippen LogP contribution in [0.4, 0.5) is 17.1 Å². The first-order chi connectivity index (χ1) is 18.0. The second-order valence-electron chi connectivity index (χ2n) is 6.92. The van der Waals surface area contributed by atoms with Crippen LogP contribution in [0.1, 0.15) is 0 Å². The van der Waals surface area contributed by atoms with Gasteiger partial charge in [0.25, 0.3) is 10.1 Å². The molecule has 206 valence electrons. The molecule has 0 bridgehead atoms. The second kappa shape index (κ2) is 13.0. The first kappa shape index (κ1) is 29.9. The summed E-state index contributed by atoms with van der Waals surface area (Å²) in [5, 5.41) is 41.8. The fourth-order valence-corrected chi connectivity index (χ4v) is 5.60. The number of benzene rings is 3. The molecule has 0 aliphatic carbocycles. The maximum atomic E-state index is 12.5. The van der Waals surface area contributed by atoms with Gasteiger partial charge in [0.15, 0.2) is 22.2 Å². The molecule has 3 aromatic carbocycles. The van der Waals surface area contributed by atoms with Gasteiger partial charge in [-0.05, 0) is 42.5 Å². The van der Waals surface area contributed by atoms with Crippen LogP contribution in [0, 0.1) is 0 Å². The number of nitrogens with two attached hydrogens (primary N) is 1. The lowest BCUT2D eigenvalue weighted by Gasteiger charge is -2.10. The average Bonchev–Trinajstić information content (AvgIpc) is 2.86. The molecule has 0 unspecified atom stereocenters. The highest BCUT2D eigenvalue weighted by Crippen LogP contribution is 2.40. The molecule has 0 amide bonds. The molecular formula is C18H17N3O13S4. The van der Waals surface area contributed by atoms with Gasteiger partial charge in [-0.3, -0.25) is 8.74 Å². The smallest absolute Gasteiger partial charge is 0.296 e. The molecule has 0 heterocycles. The number of anilines is 1. The van der Waals surface area contributed by atoms with E-state index in [1.165, 1.54) is 24.3 Å². The largest absolute Gasteiger partial charge is 0.507 e. The molecule has 0 aliphatic rings. The van der Waals surface area contributed by atoms with Gasteiger partial charge in [-0.25, -0.2) is 18.9 Å². The van der Waals surface area contributed by atoms with Crippen molar-refractivity contribution in [1.82, 2.24) is 0 Å². The van der Waals surface area contributed by atoms with Crippen LogP contribution >= 0.6 is 24.4 Å². The van der Waals surface area contributed by atoms with Crippen LogP contribution in [0.2, 0.25) is 0 Å². The van der Waals surface area contributed by atoms with Gasteiger partial charge < -0.3 is 10.8 Å². The van der Waals surface area contributed by atoms with Crippen molar-refractivity contribution >= 4 is 72.2 Å². The highest BCUT2D eigenvalue weighted by atomic mass is 32.2. The summed E-state index contributed by atoms with van der Waals surface area (Å²) in [6.07, 6.45) is 0. The van der Waals surface area contributed by atoms with Crippen molar-refractivity contribution in [2.45, 2.75) is 14.7 Å². The first-order valence-electron chi connectivity index (χ1n) is 9.70. The Bertz CT molecular complexity index is 1550. The topological polar surface area (TPSA) is 246 Å². The number of fused-ring (bicyclic) bond motifs is 1. The summed E-state index contributed by atoms with van der Waals surface area (Å²) in [6.45, 7) is -0.429. The normalized spacial score (nSPS) is 12.5. The molecule has 38 heavy (non-hydrogen) atoms. The number of aromatic hydroxyl groups is 1. The SMILES string of the molecule is Nc1ccc2c(O)cc(SOOO)cc2c1/N=N/c1ccc(S(=O)(=O)CCOSOOO)cc1S(=O)(=O)O. The van der Waals surface area contributed by atoms with Gasteiger partial charge in [-0.1, -0.05) is 10.1 Å². The third-order valence-corrected chi connectivity index (χ3v) is 8.11. The number of nitrogen functional groups attached to an aromatic ring is 1. The van der Waals surface area contributed by atoms with E-state index in [-0.39, 0.29) is 45.1 Å². The van der Waals surface area contributed by atoms with E-state index in [0.29, 0.717) is 18.1 Å². The van der Waals surface area contributed by atoms with Crippen molar-refractivity contribution in [3.05, 3.63) is 42.5 Å². The fraction of sp³-hybridized carbons (Fsp3) is 0.111. The molecule has 3 aromatic rings. The minimum absolute atomic E-state index is 0.00752. The fourth-order valence-electron chi connectivity index (χ4n) is 3.01. The second-order valence-corrected chi connectivity index (χ2v) is 11.7. The van der Waals surface area contributed by atoms with Crippen molar-refractivity contribution in [2.24, 2.45) is 10.2 Å². The average molecular weight is 612 g/mol. The minimum Gasteiger partial charge on any atom is -0.507 e. The van der Waals surface area contributed by atoms with E-state index >= 15 is 0 Å². The number of hydrogen-bond donors (Lipinski definition) is 5. The van der Waals surface area contributed by atoms with Crippen LogP contribution < -0.4 is 5.73 Å². The van der Waals surface area contributed by atoms with E-state index in [0.717, 1.165) is 12.1 Å². The van der Waals surface area contributed by atoms with Gasteiger partial charge in [0, 0.05) is 15.7 Å². The third-order valence-electron chi connectivity index (χ3n) is 4.62. The van der Waals surface area contributed by atoms with Crippen LogP contribution in [0.3, 0.4) is 0 Å². The molecule has 6 N–H and O–H groups in total. The maximum absolute atomic E-state index is 12.5. The summed E-state index contributed by atoms with van der Waals surface area (Å²) in [5.41, 5.74) is 5.65. The van der Waals surface area contributed by atoms with Crippen LogP contribution in [0.5, 0.6) is 5.75 Å². The molecule has 0 saturated heterocycles. The van der Waals surface area contributed by atoms with Gasteiger partial charge in [0.05, 0.1) is 35.0 Å². The zero-order valence-corrected chi connectivity index (χ0v) is 21.8. The maximum Gasteiger partial charge on any atom is 0.296 e. The number of phenols is 1. The van der Waals surface area contributed by atoms with Crippen molar-refractivity contribution in [1.29, 1.82) is 0 Å². The lowest BCUT2D eigenvalue weighted by atomic mass is 10.1. The summed E-state index contributed by atoms with van der Waals surface area (Å²) in [5.74, 6) is -0.837. The minimum atomic E-state index is -4.98. The molecule has 3 rings (SSSR count). The molecule has 0 aliphatic heterocycles. The van der Waals surface area contributed by atoms with Crippen LogP contribution in [-0.2, 0) is 42.9 Å². The monoisotopic (exact) mass is 611 g/mol. The Hall–Kier alpha value is -2.60. The van der Waals surface area contributed by atoms with Crippen LogP contribution in [0.25, 0.3) is 10.8 Å². The summed E-state index contributed by atoms with van der Waals surface area (Å²) in [4.78, 5) is -1.07. The van der Waals surface area contributed by atoms with E-state index in [1.807, 2.05) is 0 Å². The lowest BCUT2D eigenvalue weighted by molar-refractivity contribution is -0.434. The number of nitrogens with zero attached hydrogens (tertiary/aromatic N) is 2. The number of rotatable bonds is 13. The summed E-state index contributed by atoms with van der Waals surface area (Å²) >= 11 is 0.708. The van der Waals surface area contributed by atoms with E-state index in [1.54, 1.807) is 0 Å². The predicted molar refractivity (Wildman–Crippen MR) is 132 cm³/mol. The highest BCUT2D eigenvalue weighted by Gasteiger charge is 2.22. The van der Waals surface area contributed by atoms with Crippen LogP contribution in [0.15, 0.2) is 67.4 Å². The highest BCUT2D eigenvalue weighted by molar-refractivity contribution is 7.94. The quantitative estimate of drug-likeness (QED) is 0.0348. The standard InChI is InChI=1S/C18H17N3O13S4/c19-14-3-2-12-13(7-10(8-16(12)22)35-33-31-23)18(14)21-20-15-4-1-11(9-17(15)38(27,28)29)37(25,26)6-5-30-36-34-32-24/h1-4,7-9,22-24H,5-6,19H2,(H,27,28,29)/b21-20+. The van der Waals surface area contributed by atoms with Crippen molar-refractivity contribution < 1.29 is 59.9 Å². The molecule has 0 spiro atoms. The summed E-state index contributed by atoms with van der Waals surface area (Å²) < 4.78 is 71.8. The van der Waals surface area contributed by atoms with Crippen LogP contribution in [-0.4, -0.2) is 49.4 Å². The lowest BCUT2D eigenvalue weighted by Crippen LogP contribution is -2.12. The Labute approximate surface area is 222 Å². The Morgan fingerprint density at radius 2 is 1.66 bits per heavy atom. The molecule has 0 fully saturated rings. The molecule has 0 atom stereocenters. The molecule has 0 aromatic heterocycles. The van der Waals surface area contributed by atoms with E-state index < -0.39 is 47.8 Å². The zero-order valence-electron chi connectivity index (χ0n) is 18.5. The van der Waals surface area contributed by atoms with Crippen molar-refractivity contribution in [3.8, 4) is 5.75 Å². The van der Waals surface area contributed by atoms with Crippen molar-refractivity contribution in [3.63, 3.8) is 0 Å². The Morgan fingerprint density at radius 3 is 2.34 bits per heavy atom. The molecule has 0 radical (unpaired) electrons. The van der Waals surface area contributed by atoms with Crippen molar-refractivity contribution in [2.75, 3.05) is 18.1 Å². The number of hydrogen-bond acceptors (Lipinski definition) is 17. The number of azo groups is 1. The number of phenolic OH excluding ortho intramolecular Hbond substituents is 1. The molecular weight excluding hydrogens is 594 g/mol. The van der Waals surface area contributed by atoms with Gasteiger partial charge in [-0.2, -0.15) is 8.42 Å². The zero-order chi connectivity index (χ0) is 27.9. The summed E-state index contributed by atoms with van der Waals surface area (Å²) in [7, 11) is -9.08. The molecule has 0 saturated carbocycles. The van der Waals surface area contributed by atoms with E-state index in [2.05, 4.69) is 29.0 Å². The van der Waals surface area contributed by atoms with E-state index in [4.69, 9.17) is 20.4 Å². The third kappa shape index (κ3) is 7.49. The Kier molecular flexibility index (Phi) is 10.2. The van der Waals surface area contributed by atoms with Gasteiger partial charge >= 0.3 is 0 Å². The predicted octanol–water partition coefficient (Wildman–Crippen LogP) is 3.99. The molecule has 16 nitrogen and oxygen atoms in total. The molecule has 20 heteroatoms.